The first-order chi connectivity index (χ1) is 4.48. The van der Waals surface area contributed by atoms with Crippen LogP contribution in [0.4, 0.5) is 0 Å². The fourth-order valence-electron chi connectivity index (χ4n) is 0.334. The van der Waals surface area contributed by atoms with Gasteiger partial charge in [0.25, 0.3) is 0 Å². The van der Waals surface area contributed by atoms with Gasteiger partial charge in [0, 0.05) is 6.21 Å². The molecule has 0 aliphatic heterocycles. The van der Waals surface area contributed by atoms with Crippen molar-refractivity contribution < 1.29 is 9.53 Å². The SMILES string of the molecule is CC(C)(C)C(=O)OCC=N. The number of nitrogens with one attached hydrogen (secondary N) is 1. The number of rotatable bonds is 2. The van der Waals surface area contributed by atoms with Crippen LogP contribution in [0.3, 0.4) is 0 Å². The van der Waals surface area contributed by atoms with Gasteiger partial charge in [-0.3, -0.25) is 4.79 Å². The molecule has 0 aromatic rings. The van der Waals surface area contributed by atoms with Crippen LogP contribution in [0, 0.1) is 10.8 Å². The molecule has 0 bridgehead atoms. The Morgan fingerprint density at radius 3 is 2.40 bits per heavy atom. The van der Waals surface area contributed by atoms with Gasteiger partial charge in [-0.25, -0.2) is 0 Å². The van der Waals surface area contributed by atoms with Crippen LogP contribution < -0.4 is 0 Å². The number of hydrogen-bond donors (Lipinski definition) is 1. The minimum absolute atomic E-state index is 0.0795. The topological polar surface area (TPSA) is 50.2 Å². The largest absolute Gasteiger partial charge is 0.459 e. The first-order valence-electron chi connectivity index (χ1n) is 3.14. The van der Waals surface area contributed by atoms with Gasteiger partial charge in [0.05, 0.1) is 5.41 Å². The Kier molecular flexibility index (Phi) is 3.06. The molecule has 0 aromatic carbocycles. The zero-order valence-corrected chi connectivity index (χ0v) is 6.60. The summed E-state index contributed by atoms with van der Waals surface area (Å²) in [5.41, 5.74) is -0.455. The van der Waals surface area contributed by atoms with Gasteiger partial charge in [-0.1, -0.05) is 0 Å². The third-order valence-corrected chi connectivity index (χ3v) is 0.910. The summed E-state index contributed by atoms with van der Waals surface area (Å²) in [6, 6.07) is 0. The molecule has 0 radical (unpaired) electrons. The first-order valence-corrected chi connectivity index (χ1v) is 3.14. The molecule has 3 heteroatoms. The highest BCUT2D eigenvalue weighted by Gasteiger charge is 2.22. The second-order valence-corrected chi connectivity index (χ2v) is 3.05. The molecule has 3 nitrogen and oxygen atoms in total. The van der Waals surface area contributed by atoms with Crippen LogP contribution in [0.5, 0.6) is 0 Å². The summed E-state index contributed by atoms with van der Waals surface area (Å²) < 4.78 is 4.67. The third kappa shape index (κ3) is 3.22. The molecular weight excluding hydrogens is 130 g/mol. The minimum Gasteiger partial charge on any atom is -0.459 e. The van der Waals surface area contributed by atoms with E-state index in [9.17, 15) is 4.79 Å². The van der Waals surface area contributed by atoms with Crippen molar-refractivity contribution in [3.05, 3.63) is 0 Å². The first kappa shape index (κ1) is 9.14. The van der Waals surface area contributed by atoms with Crippen molar-refractivity contribution in [2.24, 2.45) is 5.41 Å². The van der Waals surface area contributed by atoms with Crippen LogP contribution in [-0.4, -0.2) is 18.8 Å². The molecular formula is C7H13NO2. The highest BCUT2D eigenvalue weighted by Crippen LogP contribution is 2.14. The number of carbonyl (C=O) groups is 1. The van der Waals surface area contributed by atoms with Crippen LogP contribution in [0.2, 0.25) is 0 Å². The average Bonchev–Trinajstić information content (AvgIpc) is 1.80. The van der Waals surface area contributed by atoms with Crippen LogP contribution >= 0.6 is 0 Å². The van der Waals surface area contributed by atoms with Gasteiger partial charge in [0.1, 0.15) is 6.61 Å². The highest BCUT2D eigenvalue weighted by molar-refractivity contribution is 5.76. The Labute approximate surface area is 60.9 Å². The monoisotopic (exact) mass is 143 g/mol. The van der Waals surface area contributed by atoms with E-state index in [-0.39, 0.29) is 12.6 Å². The second kappa shape index (κ2) is 3.34. The summed E-state index contributed by atoms with van der Waals surface area (Å²) in [5, 5.41) is 6.60. The molecule has 0 heterocycles. The Balaban J connectivity index is 3.74. The van der Waals surface area contributed by atoms with Crippen LogP contribution in [0.15, 0.2) is 0 Å². The molecule has 0 aliphatic rings. The van der Waals surface area contributed by atoms with Crippen molar-refractivity contribution >= 4 is 12.2 Å². The lowest BCUT2D eigenvalue weighted by Crippen LogP contribution is -2.23. The summed E-state index contributed by atoms with van der Waals surface area (Å²) in [7, 11) is 0. The number of hydrogen-bond acceptors (Lipinski definition) is 3. The summed E-state index contributed by atoms with van der Waals surface area (Å²) in [6.45, 7) is 5.41. The van der Waals surface area contributed by atoms with Crippen molar-refractivity contribution in [3.8, 4) is 0 Å². The van der Waals surface area contributed by atoms with E-state index in [1.807, 2.05) is 0 Å². The molecule has 58 valence electrons. The number of esters is 1. The molecule has 10 heavy (non-hydrogen) atoms. The maximum Gasteiger partial charge on any atom is 0.311 e. The van der Waals surface area contributed by atoms with Crippen LogP contribution in [-0.2, 0) is 9.53 Å². The van der Waals surface area contributed by atoms with E-state index in [0.29, 0.717) is 0 Å². The minimum atomic E-state index is -0.455. The number of carbonyl (C=O) groups excluding carboxylic acids is 1. The maximum atomic E-state index is 10.9. The van der Waals surface area contributed by atoms with Gasteiger partial charge >= 0.3 is 5.97 Å². The third-order valence-electron chi connectivity index (χ3n) is 0.910. The highest BCUT2D eigenvalue weighted by atomic mass is 16.5. The fourth-order valence-corrected chi connectivity index (χ4v) is 0.334. The van der Waals surface area contributed by atoms with Crippen molar-refractivity contribution in [1.29, 1.82) is 5.41 Å². The summed E-state index contributed by atoms with van der Waals surface area (Å²) >= 11 is 0. The molecule has 0 atom stereocenters. The Morgan fingerprint density at radius 1 is 1.60 bits per heavy atom. The fraction of sp³-hybridized carbons (Fsp3) is 0.714. The molecule has 0 fully saturated rings. The van der Waals surface area contributed by atoms with Crippen molar-refractivity contribution in [3.63, 3.8) is 0 Å². The van der Waals surface area contributed by atoms with Crippen molar-refractivity contribution in [2.75, 3.05) is 6.61 Å². The van der Waals surface area contributed by atoms with Crippen molar-refractivity contribution in [1.82, 2.24) is 0 Å². The zero-order chi connectivity index (χ0) is 8.20. The van der Waals surface area contributed by atoms with Gasteiger partial charge in [0.15, 0.2) is 0 Å². The Hall–Kier alpha value is -0.860. The lowest BCUT2D eigenvalue weighted by Gasteiger charge is -2.14. The van der Waals surface area contributed by atoms with E-state index in [1.54, 1.807) is 20.8 Å². The van der Waals surface area contributed by atoms with E-state index in [4.69, 9.17) is 5.41 Å². The molecule has 0 rings (SSSR count). The Bertz CT molecular complexity index is 135. The zero-order valence-electron chi connectivity index (χ0n) is 6.60. The predicted molar refractivity (Wildman–Crippen MR) is 39.2 cm³/mol. The molecule has 0 aromatic heterocycles. The molecule has 0 saturated heterocycles. The normalized spacial score (nSPS) is 10.7. The predicted octanol–water partition coefficient (Wildman–Crippen LogP) is 1.23. The van der Waals surface area contributed by atoms with Gasteiger partial charge < -0.3 is 10.1 Å². The smallest absolute Gasteiger partial charge is 0.311 e. The van der Waals surface area contributed by atoms with E-state index in [0.717, 1.165) is 6.21 Å². The van der Waals surface area contributed by atoms with E-state index in [2.05, 4.69) is 4.74 Å². The average molecular weight is 143 g/mol. The van der Waals surface area contributed by atoms with Gasteiger partial charge in [0.2, 0.25) is 0 Å². The maximum absolute atomic E-state index is 10.9. The molecule has 0 unspecified atom stereocenters. The van der Waals surface area contributed by atoms with Crippen LogP contribution in [0.1, 0.15) is 20.8 Å². The molecule has 0 spiro atoms. The standard InChI is InChI=1S/C7H13NO2/c1-7(2,3)6(9)10-5-4-8/h4,8H,5H2,1-3H3. The van der Waals surface area contributed by atoms with Gasteiger partial charge in [-0.15, -0.1) is 0 Å². The summed E-state index contributed by atoms with van der Waals surface area (Å²) in [5.74, 6) is -0.268. The van der Waals surface area contributed by atoms with Gasteiger partial charge in [-0.05, 0) is 20.8 Å². The molecule has 0 saturated carbocycles. The lowest BCUT2D eigenvalue weighted by molar-refractivity contribution is -0.150. The summed E-state index contributed by atoms with van der Waals surface area (Å²) in [4.78, 5) is 10.9. The van der Waals surface area contributed by atoms with E-state index < -0.39 is 5.41 Å². The van der Waals surface area contributed by atoms with E-state index >= 15 is 0 Å². The Morgan fingerprint density at radius 2 is 2.10 bits per heavy atom. The summed E-state index contributed by atoms with van der Waals surface area (Å²) in [6.07, 6.45) is 1.06. The molecule has 0 aliphatic carbocycles. The molecule has 0 amide bonds. The van der Waals surface area contributed by atoms with Crippen molar-refractivity contribution in [2.45, 2.75) is 20.8 Å². The molecule has 1 N–H and O–H groups in total. The second-order valence-electron chi connectivity index (χ2n) is 3.05. The quantitative estimate of drug-likeness (QED) is 0.466. The van der Waals surface area contributed by atoms with E-state index in [1.165, 1.54) is 0 Å². The lowest BCUT2D eigenvalue weighted by atomic mass is 9.97. The number of ether oxygens (including phenoxy) is 1. The van der Waals surface area contributed by atoms with Crippen LogP contribution in [0.25, 0.3) is 0 Å². The van der Waals surface area contributed by atoms with Gasteiger partial charge in [-0.2, -0.15) is 0 Å².